The molecule has 3 N–H and O–H groups in total. The number of unbranched alkanes of at least 4 members (excludes halogenated alkanes) is 11. The average Bonchev–Trinajstić information content (AvgIpc) is 3.50. The Morgan fingerprint density at radius 3 is 1.26 bits per heavy atom. The summed E-state index contributed by atoms with van der Waals surface area (Å²) in [5.74, 6) is -0.209. The van der Waals surface area contributed by atoms with Crippen molar-refractivity contribution in [3.05, 3.63) is 22.3 Å². The second-order valence-electron chi connectivity index (χ2n) is 24.5. The van der Waals surface area contributed by atoms with E-state index in [0.717, 1.165) is 58.0 Å². The van der Waals surface area contributed by atoms with E-state index in [9.17, 15) is 19.2 Å². The predicted octanol–water partition coefficient (Wildman–Crippen LogP) is 13.1. The molecule has 2 aliphatic rings. The summed E-state index contributed by atoms with van der Waals surface area (Å²) >= 11 is 0. The van der Waals surface area contributed by atoms with Crippen LogP contribution in [0.2, 0.25) is 0 Å². The van der Waals surface area contributed by atoms with E-state index in [4.69, 9.17) is 37.9 Å². The molecule has 0 radical (unpaired) electrons. The van der Waals surface area contributed by atoms with Gasteiger partial charge in [-0.25, -0.2) is 0 Å². The molecule has 15 heteroatoms. The summed E-state index contributed by atoms with van der Waals surface area (Å²) in [6.45, 7) is 26.0. The van der Waals surface area contributed by atoms with Crippen molar-refractivity contribution in [2.45, 2.75) is 241 Å². The number of Topliss-reactive ketones (excluding diaryl/α,β-unsaturated/α-hetero) is 1. The van der Waals surface area contributed by atoms with Crippen LogP contribution in [0.3, 0.4) is 0 Å². The maximum atomic E-state index is 13.5. The summed E-state index contributed by atoms with van der Waals surface area (Å²) in [5.41, 5.74) is 7.36. The van der Waals surface area contributed by atoms with Crippen molar-refractivity contribution in [3.8, 4) is 0 Å². The van der Waals surface area contributed by atoms with Crippen LogP contribution in [0.25, 0.3) is 0 Å². The Morgan fingerprint density at radius 1 is 0.415 bits per heavy atom. The highest BCUT2D eigenvalue weighted by Crippen LogP contribution is 2.43. The van der Waals surface area contributed by atoms with E-state index in [1.807, 2.05) is 0 Å². The number of carbonyl (C=O) groups is 4. The van der Waals surface area contributed by atoms with Crippen LogP contribution < -0.4 is 16.0 Å². The first-order valence-electron chi connectivity index (χ1n) is 33.1. The fraction of sp³-hybridized carbons (Fsp3) is 0.881. The smallest absolute Gasteiger partial charge is 0.223 e. The molecule has 0 saturated heterocycles. The highest BCUT2D eigenvalue weighted by Gasteiger charge is 2.29. The van der Waals surface area contributed by atoms with Gasteiger partial charge in [0.2, 0.25) is 17.7 Å². The highest BCUT2D eigenvalue weighted by atomic mass is 16.6. The van der Waals surface area contributed by atoms with E-state index in [1.165, 1.54) is 96.3 Å². The Morgan fingerprint density at radius 2 is 0.793 bits per heavy atom. The third-order valence-corrected chi connectivity index (χ3v) is 16.3. The second kappa shape index (κ2) is 50.4. The van der Waals surface area contributed by atoms with Crippen molar-refractivity contribution in [2.24, 2.45) is 16.7 Å². The van der Waals surface area contributed by atoms with Crippen molar-refractivity contribution in [2.75, 3.05) is 125 Å². The van der Waals surface area contributed by atoms with Gasteiger partial charge in [0, 0.05) is 71.1 Å². The number of hydrogen-bond donors (Lipinski definition) is 3. The van der Waals surface area contributed by atoms with Gasteiger partial charge in [-0.2, -0.15) is 0 Å². The van der Waals surface area contributed by atoms with E-state index in [0.29, 0.717) is 168 Å². The molecular formula is C67H123N3O12. The molecule has 0 bridgehead atoms. The van der Waals surface area contributed by atoms with Crippen molar-refractivity contribution in [1.82, 2.24) is 16.0 Å². The molecule has 0 fully saturated rings. The topological polar surface area (TPSA) is 178 Å². The van der Waals surface area contributed by atoms with Crippen molar-refractivity contribution >= 4 is 23.5 Å². The number of ether oxygens (including phenoxy) is 8. The zero-order chi connectivity index (χ0) is 59.6. The lowest BCUT2D eigenvalue weighted by Gasteiger charge is -2.34. The van der Waals surface area contributed by atoms with Crippen molar-refractivity contribution < 1.29 is 57.1 Å². The minimum atomic E-state index is -0.368. The molecule has 478 valence electrons. The van der Waals surface area contributed by atoms with Gasteiger partial charge in [0.15, 0.2) is 0 Å². The fourth-order valence-electron chi connectivity index (χ4n) is 11.5. The van der Waals surface area contributed by atoms with E-state index >= 15 is 0 Å². The van der Waals surface area contributed by atoms with E-state index in [-0.39, 0.29) is 35.8 Å². The van der Waals surface area contributed by atoms with Crippen LogP contribution in [0, 0.1) is 16.7 Å². The summed E-state index contributed by atoms with van der Waals surface area (Å²) in [7, 11) is 0. The monoisotopic (exact) mass is 1160 g/mol. The second-order valence-corrected chi connectivity index (χ2v) is 24.5. The molecule has 0 spiro atoms. The van der Waals surface area contributed by atoms with E-state index in [2.05, 4.69) is 64.4 Å². The first-order chi connectivity index (χ1) is 39.8. The number of ketones is 1. The van der Waals surface area contributed by atoms with Gasteiger partial charge < -0.3 is 53.8 Å². The molecule has 2 aliphatic carbocycles. The first kappa shape index (κ1) is 75.3. The summed E-state index contributed by atoms with van der Waals surface area (Å²) in [6.07, 6.45) is 30.2. The lowest BCUT2D eigenvalue weighted by atomic mass is 9.71. The Bertz CT molecular complexity index is 1700. The van der Waals surface area contributed by atoms with Crippen molar-refractivity contribution in [1.29, 1.82) is 0 Å². The summed E-state index contributed by atoms with van der Waals surface area (Å²) < 4.78 is 44.3. The number of rotatable bonds is 57. The van der Waals surface area contributed by atoms with E-state index < -0.39 is 0 Å². The quantitative estimate of drug-likeness (QED) is 0.0388. The van der Waals surface area contributed by atoms with Gasteiger partial charge >= 0.3 is 0 Å². The largest absolute Gasteiger partial charge is 0.379 e. The highest BCUT2D eigenvalue weighted by molar-refractivity contribution is 5.86. The molecule has 0 aromatic heterocycles. The normalized spacial score (nSPS) is 15.5. The Balaban J connectivity index is 1.52. The first-order valence-corrected chi connectivity index (χ1v) is 33.1. The molecule has 15 nitrogen and oxygen atoms in total. The van der Waals surface area contributed by atoms with Crippen LogP contribution in [0.4, 0.5) is 0 Å². The maximum absolute atomic E-state index is 13.5. The lowest BCUT2D eigenvalue weighted by molar-refractivity contribution is -0.129. The number of nitrogens with one attached hydrogen (secondary N) is 3. The Kier molecular flexibility index (Phi) is 46.3. The molecule has 2 rings (SSSR count). The SMILES string of the molecule is CCCOCCOCCOCCOCCOCCC(=O)NCCCOCCOCCOCCCNC(=O)[C@H](CCCCNC(=O)CCCCCCCCC1=C(C)CCCC1(C)C)CC(=O)CCCCCCCCC1=C(C)CCCC1(C)C. The van der Waals surface area contributed by atoms with Gasteiger partial charge in [-0.1, -0.05) is 115 Å². The van der Waals surface area contributed by atoms with Gasteiger partial charge in [-0.3, -0.25) is 19.2 Å². The summed E-state index contributed by atoms with van der Waals surface area (Å²) in [5, 5.41) is 9.07. The fourth-order valence-corrected chi connectivity index (χ4v) is 11.5. The minimum absolute atomic E-state index is 0.0570. The molecule has 82 heavy (non-hydrogen) atoms. The molecule has 0 aliphatic heterocycles. The van der Waals surface area contributed by atoms with Gasteiger partial charge in [-0.15, -0.1) is 0 Å². The molecule has 0 saturated carbocycles. The van der Waals surface area contributed by atoms with Gasteiger partial charge in [0.05, 0.1) is 85.9 Å². The van der Waals surface area contributed by atoms with Crippen LogP contribution in [0.5, 0.6) is 0 Å². The third-order valence-electron chi connectivity index (χ3n) is 16.3. The van der Waals surface area contributed by atoms with E-state index in [1.54, 1.807) is 22.3 Å². The van der Waals surface area contributed by atoms with Gasteiger partial charge in [-0.05, 0) is 134 Å². The zero-order valence-electron chi connectivity index (χ0n) is 53.6. The maximum Gasteiger partial charge on any atom is 0.223 e. The van der Waals surface area contributed by atoms with Crippen molar-refractivity contribution in [3.63, 3.8) is 0 Å². The molecular weight excluding hydrogens is 1040 g/mol. The number of amides is 3. The molecule has 0 heterocycles. The Labute approximate surface area is 500 Å². The van der Waals surface area contributed by atoms with Crippen LogP contribution in [0.15, 0.2) is 22.3 Å². The molecule has 0 unspecified atom stereocenters. The van der Waals surface area contributed by atoms with Crippen LogP contribution in [-0.2, 0) is 57.1 Å². The summed E-state index contributed by atoms with van der Waals surface area (Å²) in [6, 6.07) is 0. The van der Waals surface area contributed by atoms with Crippen LogP contribution >= 0.6 is 0 Å². The minimum Gasteiger partial charge on any atom is -0.379 e. The van der Waals surface area contributed by atoms with Crippen LogP contribution in [-0.4, -0.2) is 149 Å². The predicted molar refractivity (Wildman–Crippen MR) is 331 cm³/mol. The summed E-state index contributed by atoms with van der Waals surface area (Å²) in [4.78, 5) is 51.5. The zero-order valence-corrected chi connectivity index (χ0v) is 53.6. The number of hydrogen-bond acceptors (Lipinski definition) is 12. The third kappa shape index (κ3) is 40.5. The lowest BCUT2D eigenvalue weighted by Crippen LogP contribution is -2.33. The Hall–Kier alpha value is -2.76. The van der Waals surface area contributed by atoms with Gasteiger partial charge in [0.1, 0.15) is 5.78 Å². The molecule has 0 aromatic carbocycles. The van der Waals surface area contributed by atoms with Gasteiger partial charge in [0.25, 0.3) is 0 Å². The molecule has 3 amide bonds. The molecule has 0 aromatic rings. The average molecular weight is 1160 g/mol. The standard InChI is InChI=1S/C67H123N3O12/c1-8-40-75-44-48-79-52-54-82-55-53-81-51-47-78-43-34-64(73)69-38-25-41-76-45-49-80-50-46-77-42-26-39-70-65(74)59(56-60(71)30-17-13-9-10-14-18-31-61-57(2)27-23-35-66(61,4)5)29-21-22-37-68-63(72)33-20-16-12-11-15-19-32-62-58(3)28-24-36-67(62,6)7/h59H,8-56H2,1-7H3,(H,68,72)(H,69,73)(H,70,74)/t59-/m1/s1. The number of allylic oxidation sites excluding steroid dienone is 4. The number of carbonyl (C=O) groups excluding carboxylic acids is 4. The molecule has 1 atom stereocenters. The van der Waals surface area contributed by atoms with Crippen LogP contribution in [0.1, 0.15) is 241 Å².